The van der Waals surface area contributed by atoms with Gasteiger partial charge in [0, 0.05) is 6.54 Å². The first kappa shape index (κ1) is 15.9. The van der Waals surface area contributed by atoms with Crippen molar-refractivity contribution in [3.05, 3.63) is 27.7 Å². The van der Waals surface area contributed by atoms with Crippen LogP contribution in [0.4, 0.5) is 0 Å². The van der Waals surface area contributed by atoms with Gasteiger partial charge in [0.1, 0.15) is 11.6 Å². The first-order valence-corrected chi connectivity index (χ1v) is 7.17. The minimum atomic E-state index is -0.595. The summed E-state index contributed by atoms with van der Waals surface area (Å²) in [4.78, 5) is 25.9. The van der Waals surface area contributed by atoms with Crippen LogP contribution in [-0.4, -0.2) is 43.6 Å². The molecule has 1 aromatic rings. The number of hydrogen-bond donors (Lipinski definition) is 0. The Balaban J connectivity index is 2.40. The molecular formula is C14H15Cl2NO4. The summed E-state index contributed by atoms with van der Waals surface area (Å²) < 4.78 is 9.92. The van der Waals surface area contributed by atoms with Crippen LogP contribution in [0.3, 0.4) is 0 Å². The number of rotatable bonds is 3. The van der Waals surface area contributed by atoms with Gasteiger partial charge in [-0.05, 0) is 25.0 Å². The van der Waals surface area contributed by atoms with E-state index in [0.29, 0.717) is 18.0 Å². The molecule has 2 rings (SSSR count). The summed E-state index contributed by atoms with van der Waals surface area (Å²) in [6.45, 7) is 0.463. The monoisotopic (exact) mass is 331 g/mol. The minimum absolute atomic E-state index is 0.169. The molecule has 1 amide bonds. The SMILES string of the molecule is COC(=O)C1CCCN1C(=O)c1c(Cl)ccc(Cl)c1OC. The van der Waals surface area contributed by atoms with Gasteiger partial charge in [-0.3, -0.25) is 4.79 Å². The second-order valence-corrected chi connectivity index (χ2v) is 5.43. The van der Waals surface area contributed by atoms with E-state index >= 15 is 0 Å². The molecule has 0 radical (unpaired) electrons. The highest BCUT2D eigenvalue weighted by molar-refractivity contribution is 6.37. The number of benzene rings is 1. The van der Waals surface area contributed by atoms with Gasteiger partial charge in [-0.1, -0.05) is 23.2 Å². The molecule has 7 heteroatoms. The Morgan fingerprint density at radius 2 is 1.90 bits per heavy atom. The van der Waals surface area contributed by atoms with E-state index in [1.165, 1.54) is 25.2 Å². The first-order chi connectivity index (χ1) is 10.0. The average Bonchev–Trinajstić information content (AvgIpc) is 2.97. The number of carbonyl (C=O) groups is 2. The minimum Gasteiger partial charge on any atom is -0.494 e. The highest BCUT2D eigenvalue weighted by Gasteiger charge is 2.37. The molecule has 1 saturated heterocycles. The largest absolute Gasteiger partial charge is 0.494 e. The Morgan fingerprint density at radius 3 is 2.52 bits per heavy atom. The van der Waals surface area contributed by atoms with Crippen LogP contribution in [0.2, 0.25) is 10.0 Å². The van der Waals surface area contributed by atoms with Crippen LogP contribution in [0.5, 0.6) is 5.75 Å². The third kappa shape index (κ3) is 2.94. The predicted octanol–water partition coefficient (Wildman–Crippen LogP) is 2.78. The van der Waals surface area contributed by atoms with Crippen LogP contribution in [-0.2, 0) is 9.53 Å². The molecule has 0 aromatic heterocycles. The Labute approximate surface area is 132 Å². The van der Waals surface area contributed by atoms with Gasteiger partial charge in [-0.2, -0.15) is 0 Å². The molecule has 114 valence electrons. The average molecular weight is 332 g/mol. The molecule has 1 atom stereocenters. The number of halogens is 2. The van der Waals surface area contributed by atoms with E-state index in [1.54, 1.807) is 6.07 Å². The van der Waals surface area contributed by atoms with Gasteiger partial charge in [0.2, 0.25) is 0 Å². The molecule has 5 nitrogen and oxygen atoms in total. The lowest BCUT2D eigenvalue weighted by Gasteiger charge is -2.24. The number of methoxy groups -OCH3 is 2. The molecule has 21 heavy (non-hydrogen) atoms. The van der Waals surface area contributed by atoms with E-state index in [2.05, 4.69) is 0 Å². The summed E-state index contributed by atoms with van der Waals surface area (Å²) in [5.41, 5.74) is 0.169. The number of hydrogen-bond acceptors (Lipinski definition) is 4. The number of nitrogens with zero attached hydrogens (tertiary/aromatic N) is 1. The van der Waals surface area contributed by atoms with E-state index in [4.69, 9.17) is 32.7 Å². The van der Waals surface area contributed by atoms with Crippen molar-refractivity contribution in [1.29, 1.82) is 0 Å². The fourth-order valence-corrected chi connectivity index (χ4v) is 2.93. The Hall–Kier alpha value is -1.46. The highest BCUT2D eigenvalue weighted by Crippen LogP contribution is 2.36. The van der Waals surface area contributed by atoms with Crippen LogP contribution in [0.1, 0.15) is 23.2 Å². The van der Waals surface area contributed by atoms with Crippen molar-refractivity contribution in [1.82, 2.24) is 4.90 Å². The highest BCUT2D eigenvalue weighted by atomic mass is 35.5. The Morgan fingerprint density at radius 1 is 1.24 bits per heavy atom. The quantitative estimate of drug-likeness (QED) is 0.799. The summed E-state index contributed by atoms with van der Waals surface area (Å²) in [6, 6.07) is 2.49. The van der Waals surface area contributed by atoms with Crippen LogP contribution in [0.25, 0.3) is 0 Å². The molecule has 0 aliphatic carbocycles. The van der Waals surface area contributed by atoms with Gasteiger partial charge in [0.15, 0.2) is 5.75 Å². The van der Waals surface area contributed by atoms with Gasteiger partial charge in [0.25, 0.3) is 5.91 Å². The van der Waals surface area contributed by atoms with E-state index in [1.807, 2.05) is 0 Å². The number of esters is 1. The zero-order valence-electron chi connectivity index (χ0n) is 11.7. The topological polar surface area (TPSA) is 55.8 Å². The predicted molar refractivity (Wildman–Crippen MR) is 79.1 cm³/mol. The van der Waals surface area contributed by atoms with E-state index in [-0.39, 0.29) is 22.2 Å². The summed E-state index contributed by atoms with van der Waals surface area (Å²) in [5.74, 6) is -0.602. The van der Waals surface area contributed by atoms with Crippen molar-refractivity contribution in [2.45, 2.75) is 18.9 Å². The Bertz CT molecular complexity index is 576. The van der Waals surface area contributed by atoms with E-state index < -0.39 is 12.0 Å². The van der Waals surface area contributed by atoms with Gasteiger partial charge >= 0.3 is 5.97 Å². The zero-order valence-corrected chi connectivity index (χ0v) is 13.2. The molecule has 1 aromatic carbocycles. The third-order valence-electron chi connectivity index (χ3n) is 3.46. The van der Waals surface area contributed by atoms with Gasteiger partial charge in [0.05, 0.1) is 24.3 Å². The maximum absolute atomic E-state index is 12.7. The van der Waals surface area contributed by atoms with Gasteiger partial charge < -0.3 is 14.4 Å². The van der Waals surface area contributed by atoms with Crippen molar-refractivity contribution in [3.8, 4) is 5.75 Å². The molecule has 1 heterocycles. The lowest BCUT2D eigenvalue weighted by molar-refractivity contribution is -0.145. The summed E-state index contributed by atoms with van der Waals surface area (Å²) in [6.07, 6.45) is 1.30. The Kier molecular flexibility index (Phi) is 4.96. The standard InChI is InChI=1S/C14H15Cl2NO4/c1-20-12-9(16)6-5-8(15)11(12)13(18)17-7-3-4-10(17)14(19)21-2/h5-6,10H,3-4,7H2,1-2H3. The zero-order chi connectivity index (χ0) is 15.6. The molecule has 0 saturated carbocycles. The maximum atomic E-state index is 12.7. The van der Waals surface area contributed by atoms with Gasteiger partial charge in [-0.25, -0.2) is 4.79 Å². The molecule has 1 aliphatic rings. The molecule has 0 spiro atoms. The second kappa shape index (κ2) is 6.54. The molecule has 1 unspecified atom stereocenters. The smallest absolute Gasteiger partial charge is 0.328 e. The third-order valence-corrected chi connectivity index (χ3v) is 4.08. The van der Waals surface area contributed by atoms with Crippen molar-refractivity contribution in [2.24, 2.45) is 0 Å². The molecule has 0 bridgehead atoms. The van der Waals surface area contributed by atoms with E-state index in [0.717, 1.165) is 6.42 Å². The molecule has 1 fully saturated rings. The van der Waals surface area contributed by atoms with Crippen LogP contribution in [0.15, 0.2) is 12.1 Å². The summed E-state index contributed by atoms with van der Waals surface area (Å²) in [5, 5.41) is 0.524. The lowest BCUT2D eigenvalue weighted by atomic mass is 10.1. The summed E-state index contributed by atoms with van der Waals surface area (Å²) in [7, 11) is 2.71. The van der Waals surface area contributed by atoms with Crippen molar-refractivity contribution < 1.29 is 19.1 Å². The fourth-order valence-electron chi connectivity index (χ4n) is 2.47. The van der Waals surface area contributed by atoms with Crippen molar-refractivity contribution in [2.75, 3.05) is 20.8 Å². The van der Waals surface area contributed by atoms with Crippen LogP contribution < -0.4 is 4.74 Å². The van der Waals surface area contributed by atoms with Crippen LogP contribution in [0, 0.1) is 0 Å². The molecular weight excluding hydrogens is 317 g/mol. The van der Waals surface area contributed by atoms with Crippen molar-refractivity contribution in [3.63, 3.8) is 0 Å². The number of likely N-dealkylation sites (tertiary alicyclic amines) is 1. The first-order valence-electron chi connectivity index (χ1n) is 6.42. The maximum Gasteiger partial charge on any atom is 0.328 e. The summed E-state index contributed by atoms with van der Waals surface area (Å²) >= 11 is 12.1. The van der Waals surface area contributed by atoms with Crippen molar-refractivity contribution >= 4 is 35.1 Å². The molecule has 0 N–H and O–H groups in total. The fraction of sp³-hybridized carbons (Fsp3) is 0.429. The second-order valence-electron chi connectivity index (χ2n) is 4.62. The van der Waals surface area contributed by atoms with E-state index in [9.17, 15) is 9.59 Å². The van der Waals surface area contributed by atoms with Crippen LogP contribution >= 0.6 is 23.2 Å². The number of amides is 1. The normalized spacial score (nSPS) is 17.7. The van der Waals surface area contributed by atoms with Gasteiger partial charge in [-0.15, -0.1) is 0 Å². The number of ether oxygens (including phenoxy) is 2. The lowest BCUT2D eigenvalue weighted by Crippen LogP contribution is -2.41. The molecule has 1 aliphatic heterocycles. The number of carbonyl (C=O) groups excluding carboxylic acids is 2.